The van der Waals surface area contributed by atoms with Crippen molar-refractivity contribution in [1.29, 1.82) is 0 Å². The van der Waals surface area contributed by atoms with E-state index in [1.165, 1.54) is 7.05 Å². The van der Waals surface area contributed by atoms with Crippen LogP contribution in [0.1, 0.15) is 45.5 Å². The SMILES string of the molecule is CN(C(=O)c1cc(C(F)(F)F)cc(C(F)(F)F)c1)C(CCC(=O)NCc1ccccc1)Cc1c[nH]c2ccccc12. The number of carbonyl (C=O) groups excluding carboxylic acids is 2. The Labute approximate surface area is 232 Å². The molecule has 3 aromatic carbocycles. The molecule has 41 heavy (non-hydrogen) atoms. The first-order valence-electron chi connectivity index (χ1n) is 12.7. The molecule has 0 aliphatic rings. The van der Waals surface area contributed by atoms with Crippen LogP contribution in [0.15, 0.2) is 79.0 Å². The summed E-state index contributed by atoms with van der Waals surface area (Å²) in [6.07, 6.45) is -8.13. The number of amides is 2. The van der Waals surface area contributed by atoms with E-state index in [-0.39, 0.29) is 37.8 Å². The average Bonchev–Trinajstić information content (AvgIpc) is 3.35. The zero-order valence-corrected chi connectivity index (χ0v) is 21.9. The number of aromatic amines is 1. The summed E-state index contributed by atoms with van der Waals surface area (Å²) in [5.74, 6) is -1.33. The van der Waals surface area contributed by atoms with Gasteiger partial charge in [0.05, 0.1) is 11.1 Å². The fourth-order valence-corrected chi connectivity index (χ4v) is 4.62. The van der Waals surface area contributed by atoms with Crippen LogP contribution in [0, 0.1) is 0 Å². The molecule has 0 radical (unpaired) electrons. The van der Waals surface area contributed by atoms with Crippen LogP contribution < -0.4 is 5.32 Å². The second kappa shape index (κ2) is 12.1. The number of aromatic nitrogens is 1. The molecule has 4 aromatic rings. The molecule has 216 valence electrons. The van der Waals surface area contributed by atoms with Gasteiger partial charge in [-0.15, -0.1) is 0 Å². The van der Waals surface area contributed by atoms with E-state index in [9.17, 15) is 35.9 Å². The number of carbonyl (C=O) groups is 2. The van der Waals surface area contributed by atoms with E-state index in [1.807, 2.05) is 54.6 Å². The van der Waals surface area contributed by atoms with Gasteiger partial charge in [-0.25, -0.2) is 0 Å². The van der Waals surface area contributed by atoms with Gasteiger partial charge in [0.25, 0.3) is 5.91 Å². The second-order valence-electron chi connectivity index (χ2n) is 9.73. The monoisotopic (exact) mass is 575 g/mol. The summed E-state index contributed by atoms with van der Waals surface area (Å²) in [6, 6.07) is 16.7. The molecule has 1 aromatic heterocycles. The third kappa shape index (κ3) is 7.47. The molecule has 0 aliphatic heterocycles. The predicted octanol–water partition coefficient (Wildman–Crippen LogP) is 6.99. The number of alkyl halides is 6. The van der Waals surface area contributed by atoms with Crippen LogP contribution in [-0.2, 0) is 30.1 Å². The molecule has 1 atom stereocenters. The molecule has 0 bridgehead atoms. The fourth-order valence-electron chi connectivity index (χ4n) is 4.62. The van der Waals surface area contributed by atoms with Crippen molar-refractivity contribution in [2.45, 2.75) is 44.2 Å². The summed E-state index contributed by atoms with van der Waals surface area (Å²) in [7, 11) is 1.32. The predicted molar refractivity (Wildman–Crippen MR) is 142 cm³/mol. The molecule has 1 unspecified atom stereocenters. The van der Waals surface area contributed by atoms with E-state index >= 15 is 0 Å². The van der Waals surface area contributed by atoms with Crippen LogP contribution >= 0.6 is 0 Å². The van der Waals surface area contributed by atoms with Gasteiger partial charge in [0.15, 0.2) is 0 Å². The van der Waals surface area contributed by atoms with Crippen molar-refractivity contribution in [3.63, 3.8) is 0 Å². The van der Waals surface area contributed by atoms with Crippen LogP contribution in [0.3, 0.4) is 0 Å². The Bertz CT molecular complexity index is 1480. The first kappa shape index (κ1) is 29.7. The summed E-state index contributed by atoms with van der Waals surface area (Å²) >= 11 is 0. The van der Waals surface area contributed by atoms with Crippen LogP contribution in [0.5, 0.6) is 0 Å². The number of para-hydroxylation sites is 1. The number of likely N-dealkylation sites (N-methyl/N-ethyl adjacent to an activating group) is 1. The Kier molecular flexibility index (Phi) is 8.74. The number of H-pyrrole nitrogens is 1. The Hall–Kier alpha value is -4.28. The third-order valence-corrected chi connectivity index (χ3v) is 6.87. The van der Waals surface area contributed by atoms with Crippen LogP contribution in [0.25, 0.3) is 10.9 Å². The smallest absolute Gasteiger partial charge is 0.361 e. The number of hydrogen-bond donors (Lipinski definition) is 2. The summed E-state index contributed by atoms with van der Waals surface area (Å²) < 4.78 is 80.5. The van der Waals surface area contributed by atoms with Crippen molar-refractivity contribution in [2.24, 2.45) is 0 Å². The van der Waals surface area contributed by atoms with E-state index in [0.29, 0.717) is 12.1 Å². The minimum atomic E-state index is -5.09. The first-order chi connectivity index (χ1) is 19.3. The maximum absolute atomic E-state index is 13.4. The lowest BCUT2D eigenvalue weighted by Gasteiger charge is -2.29. The highest BCUT2D eigenvalue weighted by molar-refractivity contribution is 5.95. The zero-order chi connectivity index (χ0) is 29.8. The molecule has 0 fully saturated rings. The Morgan fingerprint density at radius 3 is 2.12 bits per heavy atom. The highest BCUT2D eigenvalue weighted by atomic mass is 19.4. The van der Waals surface area contributed by atoms with Gasteiger partial charge in [-0.3, -0.25) is 9.59 Å². The number of halogens is 6. The van der Waals surface area contributed by atoms with Gasteiger partial charge in [0.2, 0.25) is 5.91 Å². The number of nitrogens with zero attached hydrogens (tertiary/aromatic N) is 1. The van der Waals surface area contributed by atoms with Crippen molar-refractivity contribution in [3.05, 3.63) is 107 Å². The standard InChI is InChI=1S/C30H27F6N3O2/c1-39(28(41)20-13-22(29(31,32)33)16-23(14-20)30(34,35)36)24(15-21-18-37-26-10-6-5-9-25(21)26)11-12-27(40)38-17-19-7-3-2-4-8-19/h2-10,13-14,16,18,24,37H,11-12,15,17H2,1H3,(H,38,40). The van der Waals surface area contributed by atoms with Gasteiger partial charge in [0, 0.05) is 48.7 Å². The van der Waals surface area contributed by atoms with Gasteiger partial charge in [0.1, 0.15) is 0 Å². The number of nitrogens with one attached hydrogen (secondary N) is 2. The van der Waals surface area contributed by atoms with E-state index in [4.69, 9.17) is 0 Å². The van der Waals surface area contributed by atoms with Gasteiger partial charge >= 0.3 is 12.4 Å². The molecule has 0 aliphatic carbocycles. The Morgan fingerprint density at radius 2 is 1.49 bits per heavy atom. The molecule has 4 rings (SSSR count). The third-order valence-electron chi connectivity index (χ3n) is 6.87. The van der Waals surface area contributed by atoms with E-state index in [1.54, 1.807) is 6.20 Å². The molecular weight excluding hydrogens is 548 g/mol. The number of benzene rings is 3. The fraction of sp³-hybridized carbons (Fsp3) is 0.267. The quantitative estimate of drug-likeness (QED) is 0.212. The van der Waals surface area contributed by atoms with Crippen molar-refractivity contribution in [1.82, 2.24) is 15.2 Å². The largest absolute Gasteiger partial charge is 0.416 e. The molecule has 5 nitrogen and oxygen atoms in total. The van der Waals surface area contributed by atoms with Gasteiger partial charge < -0.3 is 15.2 Å². The van der Waals surface area contributed by atoms with Crippen molar-refractivity contribution >= 4 is 22.7 Å². The minimum absolute atomic E-state index is 0.0166. The normalized spacial score (nSPS) is 12.8. The number of hydrogen-bond acceptors (Lipinski definition) is 2. The van der Waals surface area contributed by atoms with Crippen LogP contribution in [-0.4, -0.2) is 34.8 Å². The van der Waals surface area contributed by atoms with Crippen molar-refractivity contribution in [3.8, 4) is 0 Å². The lowest BCUT2D eigenvalue weighted by Crippen LogP contribution is -2.39. The number of fused-ring (bicyclic) bond motifs is 1. The maximum atomic E-state index is 13.4. The maximum Gasteiger partial charge on any atom is 0.416 e. The number of rotatable bonds is 9. The van der Waals surface area contributed by atoms with Crippen molar-refractivity contribution in [2.75, 3.05) is 7.05 Å². The molecule has 0 saturated carbocycles. The molecule has 2 N–H and O–H groups in total. The van der Waals surface area contributed by atoms with Gasteiger partial charge in [-0.05, 0) is 48.2 Å². The Morgan fingerprint density at radius 1 is 0.878 bits per heavy atom. The molecule has 11 heteroatoms. The first-order valence-corrected chi connectivity index (χ1v) is 12.7. The summed E-state index contributed by atoms with van der Waals surface area (Å²) in [6.45, 7) is 0.284. The van der Waals surface area contributed by atoms with E-state index in [0.717, 1.165) is 26.9 Å². The van der Waals surface area contributed by atoms with E-state index < -0.39 is 41.0 Å². The summed E-state index contributed by atoms with van der Waals surface area (Å²) in [5, 5.41) is 3.64. The molecule has 2 amide bonds. The zero-order valence-electron chi connectivity index (χ0n) is 21.9. The van der Waals surface area contributed by atoms with E-state index in [2.05, 4.69) is 10.3 Å². The summed E-state index contributed by atoms with van der Waals surface area (Å²) in [4.78, 5) is 30.2. The second-order valence-corrected chi connectivity index (χ2v) is 9.73. The lowest BCUT2D eigenvalue weighted by molar-refractivity contribution is -0.143. The van der Waals surface area contributed by atoms with Gasteiger partial charge in [-0.1, -0.05) is 48.5 Å². The lowest BCUT2D eigenvalue weighted by atomic mass is 9.98. The van der Waals surface area contributed by atoms with Crippen molar-refractivity contribution < 1.29 is 35.9 Å². The molecule has 0 saturated heterocycles. The Balaban J connectivity index is 1.59. The van der Waals surface area contributed by atoms with Gasteiger partial charge in [-0.2, -0.15) is 26.3 Å². The van der Waals surface area contributed by atoms with Crippen LogP contribution in [0.4, 0.5) is 26.3 Å². The molecule has 1 heterocycles. The highest BCUT2D eigenvalue weighted by Crippen LogP contribution is 2.36. The highest BCUT2D eigenvalue weighted by Gasteiger charge is 2.38. The molecular formula is C30H27F6N3O2. The topological polar surface area (TPSA) is 65.2 Å². The molecule has 0 spiro atoms. The minimum Gasteiger partial charge on any atom is -0.361 e. The summed E-state index contributed by atoms with van der Waals surface area (Å²) in [5.41, 5.74) is -1.39. The van der Waals surface area contributed by atoms with Crippen LogP contribution in [0.2, 0.25) is 0 Å². The average molecular weight is 576 g/mol.